The molecule has 1 unspecified atom stereocenters. The van der Waals surface area contributed by atoms with E-state index >= 15 is 0 Å². The van der Waals surface area contributed by atoms with Crippen LogP contribution in [0.2, 0.25) is 0 Å². The number of aromatic hydroxyl groups is 1. The van der Waals surface area contributed by atoms with Gasteiger partial charge in [-0.05, 0) is 25.1 Å². The average Bonchev–Trinajstić information content (AvgIpc) is 2.47. The van der Waals surface area contributed by atoms with Crippen LogP contribution in [0, 0.1) is 0 Å². The molecule has 0 fully saturated rings. The number of ether oxygens (including phenoxy) is 1. The van der Waals surface area contributed by atoms with E-state index in [4.69, 9.17) is 14.3 Å². The first-order chi connectivity index (χ1) is 10.9. The Labute approximate surface area is 138 Å². The predicted molar refractivity (Wildman–Crippen MR) is 87.1 cm³/mol. The van der Waals surface area contributed by atoms with Crippen LogP contribution in [0.3, 0.4) is 0 Å². The molecule has 3 aromatic rings. The number of benzene rings is 2. The molecule has 0 radical (unpaired) electrons. The molecule has 0 amide bonds. The van der Waals surface area contributed by atoms with Crippen LogP contribution in [0.1, 0.15) is 6.92 Å². The molecule has 0 saturated carbocycles. The lowest BCUT2D eigenvalue weighted by atomic mass is 10.1. The summed E-state index contributed by atoms with van der Waals surface area (Å²) >= 11 is 3.28. The summed E-state index contributed by atoms with van der Waals surface area (Å²) in [5.74, 6) is -1.37. The second-order valence-electron chi connectivity index (χ2n) is 4.99. The minimum Gasteiger partial charge on any atom is -0.507 e. The largest absolute Gasteiger partial charge is 0.507 e. The summed E-state index contributed by atoms with van der Waals surface area (Å²) in [6.45, 7) is 1.36. The number of carbonyl (C=O) groups is 1. The van der Waals surface area contributed by atoms with E-state index in [1.807, 2.05) is 0 Å². The third-order valence-corrected chi connectivity index (χ3v) is 3.84. The Balaban J connectivity index is 2.25. The van der Waals surface area contributed by atoms with Crippen molar-refractivity contribution in [3.63, 3.8) is 0 Å². The highest BCUT2D eigenvalue weighted by Crippen LogP contribution is 2.31. The highest BCUT2D eigenvalue weighted by molar-refractivity contribution is 9.10. The van der Waals surface area contributed by atoms with E-state index in [-0.39, 0.29) is 27.9 Å². The Kier molecular flexibility index (Phi) is 3.73. The maximum Gasteiger partial charge on any atom is 0.344 e. The SMILES string of the molecule is CC(Oc1cc(O)c2c(=O)c3cc(Br)ccc3oc2c1)C(=O)O. The Hall–Kier alpha value is -2.54. The lowest BCUT2D eigenvalue weighted by Gasteiger charge is -2.11. The van der Waals surface area contributed by atoms with Crippen molar-refractivity contribution in [3.05, 3.63) is 45.0 Å². The molecule has 0 aliphatic rings. The maximum absolute atomic E-state index is 12.5. The van der Waals surface area contributed by atoms with Gasteiger partial charge in [-0.1, -0.05) is 15.9 Å². The van der Waals surface area contributed by atoms with Crippen molar-refractivity contribution < 1.29 is 24.2 Å². The van der Waals surface area contributed by atoms with Gasteiger partial charge in [0.2, 0.25) is 5.43 Å². The monoisotopic (exact) mass is 378 g/mol. The minimum absolute atomic E-state index is 0.0194. The van der Waals surface area contributed by atoms with Gasteiger partial charge in [-0.3, -0.25) is 4.79 Å². The van der Waals surface area contributed by atoms with E-state index in [0.717, 1.165) is 0 Å². The summed E-state index contributed by atoms with van der Waals surface area (Å²) in [7, 11) is 0. The zero-order valence-corrected chi connectivity index (χ0v) is 13.5. The first kappa shape index (κ1) is 15.4. The second-order valence-corrected chi connectivity index (χ2v) is 5.90. The smallest absolute Gasteiger partial charge is 0.344 e. The second kappa shape index (κ2) is 5.58. The molecule has 0 aliphatic carbocycles. The van der Waals surface area contributed by atoms with Crippen molar-refractivity contribution in [2.75, 3.05) is 0 Å². The molecule has 7 heteroatoms. The molecule has 23 heavy (non-hydrogen) atoms. The Bertz CT molecular complexity index is 991. The lowest BCUT2D eigenvalue weighted by Crippen LogP contribution is -2.22. The summed E-state index contributed by atoms with van der Waals surface area (Å²) in [6, 6.07) is 7.55. The van der Waals surface area contributed by atoms with Crippen molar-refractivity contribution in [2.24, 2.45) is 0 Å². The summed E-state index contributed by atoms with van der Waals surface area (Å²) in [4.78, 5) is 23.4. The third kappa shape index (κ3) is 2.75. The van der Waals surface area contributed by atoms with E-state index in [0.29, 0.717) is 15.4 Å². The van der Waals surface area contributed by atoms with Gasteiger partial charge < -0.3 is 19.4 Å². The molecule has 2 aromatic carbocycles. The fourth-order valence-electron chi connectivity index (χ4n) is 2.23. The van der Waals surface area contributed by atoms with Gasteiger partial charge in [0.05, 0.1) is 5.39 Å². The van der Waals surface area contributed by atoms with Crippen LogP contribution < -0.4 is 10.2 Å². The van der Waals surface area contributed by atoms with Crippen molar-refractivity contribution >= 4 is 43.8 Å². The number of phenolic OH excluding ortho intramolecular Hbond substituents is 1. The Morgan fingerprint density at radius 2 is 2.00 bits per heavy atom. The number of hydrogen-bond donors (Lipinski definition) is 2. The van der Waals surface area contributed by atoms with Gasteiger partial charge in [-0.25, -0.2) is 4.79 Å². The molecule has 2 N–H and O–H groups in total. The molecule has 1 atom stereocenters. The van der Waals surface area contributed by atoms with Crippen molar-refractivity contribution in [1.29, 1.82) is 0 Å². The minimum atomic E-state index is -1.14. The van der Waals surface area contributed by atoms with Crippen LogP contribution >= 0.6 is 15.9 Å². The van der Waals surface area contributed by atoms with Crippen molar-refractivity contribution in [2.45, 2.75) is 13.0 Å². The number of hydrogen-bond acceptors (Lipinski definition) is 5. The quantitative estimate of drug-likeness (QED) is 0.678. The molecule has 0 aliphatic heterocycles. The van der Waals surface area contributed by atoms with Crippen LogP contribution in [0.25, 0.3) is 21.9 Å². The van der Waals surface area contributed by atoms with Gasteiger partial charge >= 0.3 is 5.97 Å². The Morgan fingerprint density at radius 3 is 2.70 bits per heavy atom. The topological polar surface area (TPSA) is 97.0 Å². The van der Waals surface area contributed by atoms with E-state index in [2.05, 4.69) is 15.9 Å². The van der Waals surface area contributed by atoms with Gasteiger partial charge in [0.25, 0.3) is 0 Å². The highest BCUT2D eigenvalue weighted by Gasteiger charge is 2.17. The highest BCUT2D eigenvalue weighted by atomic mass is 79.9. The zero-order chi connectivity index (χ0) is 16.7. The molecule has 118 valence electrons. The number of aliphatic carboxylic acids is 1. The molecular weight excluding hydrogens is 368 g/mol. The molecular formula is C16H11BrO6. The summed E-state index contributed by atoms with van der Waals surface area (Å²) in [5, 5.41) is 19.3. The number of carboxylic acid groups (broad SMARTS) is 1. The number of rotatable bonds is 3. The van der Waals surface area contributed by atoms with E-state index in [1.165, 1.54) is 19.1 Å². The molecule has 3 rings (SSSR count). The third-order valence-electron chi connectivity index (χ3n) is 3.35. The summed E-state index contributed by atoms with van der Waals surface area (Å²) < 4.78 is 11.6. The van der Waals surface area contributed by atoms with Crippen LogP contribution in [0.4, 0.5) is 0 Å². The summed E-state index contributed by atoms with van der Waals surface area (Å²) in [5.41, 5.74) is 0.101. The first-order valence-electron chi connectivity index (χ1n) is 6.65. The molecule has 0 bridgehead atoms. The fraction of sp³-hybridized carbons (Fsp3) is 0.125. The van der Waals surface area contributed by atoms with Crippen molar-refractivity contribution in [3.8, 4) is 11.5 Å². The number of fused-ring (bicyclic) bond motifs is 2. The average molecular weight is 379 g/mol. The van der Waals surface area contributed by atoms with E-state index in [1.54, 1.807) is 18.2 Å². The van der Waals surface area contributed by atoms with Gasteiger partial charge in [0, 0.05) is 16.6 Å². The normalized spacial score (nSPS) is 12.4. The van der Waals surface area contributed by atoms with Gasteiger partial charge in [0.1, 0.15) is 28.1 Å². The molecule has 1 aromatic heterocycles. The molecule has 1 heterocycles. The number of carboxylic acids is 1. The maximum atomic E-state index is 12.5. The van der Waals surface area contributed by atoms with Crippen molar-refractivity contribution in [1.82, 2.24) is 0 Å². The first-order valence-corrected chi connectivity index (χ1v) is 7.44. The fourth-order valence-corrected chi connectivity index (χ4v) is 2.59. The molecule has 6 nitrogen and oxygen atoms in total. The zero-order valence-electron chi connectivity index (χ0n) is 11.9. The molecule has 0 spiro atoms. The van der Waals surface area contributed by atoms with Crippen LogP contribution in [-0.2, 0) is 4.79 Å². The van der Waals surface area contributed by atoms with Gasteiger partial charge in [-0.2, -0.15) is 0 Å². The predicted octanol–water partition coefficient (Wildman–Crippen LogP) is 3.27. The van der Waals surface area contributed by atoms with E-state index in [9.17, 15) is 14.7 Å². The molecule has 0 saturated heterocycles. The lowest BCUT2D eigenvalue weighted by molar-refractivity contribution is -0.144. The Morgan fingerprint density at radius 1 is 1.26 bits per heavy atom. The van der Waals surface area contributed by atoms with Crippen LogP contribution in [-0.4, -0.2) is 22.3 Å². The van der Waals surface area contributed by atoms with E-state index < -0.39 is 12.1 Å². The number of halogens is 1. The van der Waals surface area contributed by atoms with Crippen LogP contribution in [0.15, 0.2) is 44.0 Å². The summed E-state index contributed by atoms with van der Waals surface area (Å²) in [6.07, 6.45) is -1.10. The standard InChI is InChI=1S/C16H11BrO6/c1-7(16(20)21)22-9-5-11(18)14-13(6-9)23-12-3-2-8(17)4-10(12)15(14)19/h2-7,18H,1H3,(H,20,21). The van der Waals surface area contributed by atoms with Gasteiger partial charge in [0.15, 0.2) is 6.10 Å². The van der Waals surface area contributed by atoms with Gasteiger partial charge in [-0.15, -0.1) is 0 Å². The number of phenols is 1. The van der Waals surface area contributed by atoms with Crippen LogP contribution in [0.5, 0.6) is 11.5 Å².